The van der Waals surface area contributed by atoms with E-state index in [4.69, 9.17) is 14.6 Å². The zero-order chi connectivity index (χ0) is 22.2. The zero-order valence-corrected chi connectivity index (χ0v) is 18.5. The number of rotatable bonds is 6. The van der Waals surface area contributed by atoms with Crippen molar-refractivity contribution >= 4 is 5.97 Å². The average molecular weight is 429 g/mol. The van der Waals surface area contributed by atoms with E-state index in [1.54, 1.807) is 0 Å². The average Bonchev–Trinajstić information content (AvgIpc) is 3.37. The van der Waals surface area contributed by atoms with Crippen molar-refractivity contribution in [2.24, 2.45) is 0 Å². The zero-order valence-electron chi connectivity index (χ0n) is 18.5. The predicted molar refractivity (Wildman–Crippen MR) is 125 cm³/mol. The fourth-order valence-corrected chi connectivity index (χ4v) is 5.11. The topological polar surface area (TPSA) is 55.8 Å². The molecular formula is C28H28O4. The molecule has 0 aromatic heterocycles. The second-order valence-electron chi connectivity index (χ2n) is 9.07. The Bertz CT molecular complexity index is 1160. The van der Waals surface area contributed by atoms with E-state index in [0.29, 0.717) is 12.5 Å². The summed E-state index contributed by atoms with van der Waals surface area (Å²) in [6, 6.07) is 21.0. The first-order valence-electron chi connectivity index (χ1n) is 11.4. The minimum Gasteiger partial charge on any atom is -0.492 e. The summed E-state index contributed by atoms with van der Waals surface area (Å²) >= 11 is 0. The lowest BCUT2D eigenvalue weighted by Gasteiger charge is -2.18. The van der Waals surface area contributed by atoms with Crippen molar-refractivity contribution in [3.63, 3.8) is 0 Å². The molecule has 1 N–H and O–H groups in total. The van der Waals surface area contributed by atoms with Crippen molar-refractivity contribution in [3.05, 3.63) is 82.9 Å². The highest BCUT2D eigenvalue weighted by atomic mass is 16.5. The van der Waals surface area contributed by atoms with Gasteiger partial charge in [-0.3, -0.25) is 4.79 Å². The monoisotopic (exact) mass is 428 g/mol. The van der Waals surface area contributed by atoms with Gasteiger partial charge in [-0.1, -0.05) is 62.4 Å². The quantitative estimate of drug-likeness (QED) is 0.487. The highest BCUT2D eigenvalue weighted by molar-refractivity contribution is 5.73. The molecule has 0 bridgehead atoms. The molecule has 0 spiro atoms. The van der Waals surface area contributed by atoms with E-state index in [2.05, 4.69) is 56.3 Å². The molecule has 1 aliphatic heterocycles. The van der Waals surface area contributed by atoms with Crippen LogP contribution in [0.3, 0.4) is 0 Å². The summed E-state index contributed by atoms with van der Waals surface area (Å²) in [7, 11) is 0. The molecule has 0 amide bonds. The Kier molecular flexibility index (Phi) is 5.38. The molecule has 0 saturated carbocycles. The number of ether oxygens (including phenoxy) is 2. The van der Waals surface area contributed by atoms with Gasteiger partial charge in [-0.25, -0.2) is 0 Å². The lowest BCUT2D eigenvalue weighted by molar-refractivity contribution is -0.137. The lowest BCUT2D eigenvalue weighted by Crippen LogP contribution is -2.07. The number of carboxylic acids is 1. The number of aliphatic carboxylic acids is 1. The first-order chi connectivity index (χ1) is 15.5. The van der Waals surface area contributed by atoms with Crippen LogP contribution >= 0.6 is 0 Å². The van der Waals surface area contributed by atoms with E-state index in [1.807, 2.05) is 18.2 Å². The summed E-state index contributed by atoms with van der Waals surface area (Å²) in [4.78, 5) is 11.1. The number of fused-ring (bicyclic) bond motifs is 2. The van der Waals surface area contributed by atoms with Crippen molar-refractivity contribution in [1.82, 2.24) is 0 Å². The maximum Gasteiger partial charge on any atom is 0.304 e. The number of carbonyl (C=O) groups is 1. The van der Waals surface area contributed by atoms with Crippen molar-refractivity contribution in [2.75, 3.05) is 6.61 Å². The molecule has 4 nitrogen and oxygen atoms in total. The van der Waals surface area contributed by atoms with Crippen LogP contribution in [0.1, 0.15) is 66.9 Å². The number of benzene rings is 3. The third-order valence-corrected chi connectivity index (χ3v) is 6.65. The molecule has 0 fully saturated rings. The van der Waals surface area contributed by atoms with Crippen LogP contribution < -0.4 is 9.47 Å². The summed E-state index contributed by atoms with van der Waals surface area (Å²) in [6.07, 6.45) is 2.02. The Morgan fingerprint density at radius 3 is 2.69 bits per heavy atom. The fourth-order valence-electron chi connectivity index (χ4n) is 5.11. The molecule has 3 aromatic carbocycles. The van der Waals surface area contributed by atoms with Crippen molar-refractivity contribution in [3.8, 4) is 22.6 Å². The molecule has 4 heteroatoms. The minimum absolute atomic E-state index is 0.00503. The van der Waals surface area contributed by atoms with Crippen LogP contribution in [-0.4, -0.2) is 17.7 Å². The lowest BCUT2D eigenvalue weighted by atomic mass is 9.89. The molecular weight excluding hydrogens is 400 g/mol. The number of hydrogen-bond donors (Lipinski definition) is 1. The Morgan fingerprint density at radius 1 is 1.06 bits per heavy atom. The van der Waals surface area contributed by atoms with Crippen LogP contribution in [0.2, 0.25) is 0 Å². The van der Waals surface area contributed by atoms with Gasteiger partial charge < -0.3 is 14.6 Å². The van der Waals surface area contributed by atoms with E-state index in [1.165, 1.54) is 27.8 Å². The van der Waals surface area contributed by atoms with Gasteiger partial charge in [-0.05, 0) is 52.6 Å². The number of hydrogen-bond acceptors (Lipinski definition) is 3. The second-order valence-corrected chi connectivity index (χ2v) is 9.07. The van der Waals surface area contributed by atoms with Crippen LogP contribution in [-0.2, 0) is 11.2 Å². The standard InChI is InChI=1S/C28H28O4/c1-17(2)20-6-3-4-7-22(20)23-8-5-9-25-24(23)12-13-26(25)32-19-10-11-21-18(14-28(29)30)16-31-27(21)15-19/h3-11,15,17-18,26H,12-14,16H2,1-2H3,(H,29,30)/t18?,26-/m1/s1. The maximum atomic E-state index is 11.1. The highest BCUT2D eigenvalue weighted by Gasteiger charge is 2.29. The molecule has 1 unspecified atom stereocenters. The highest BCUT2D eigenvalue weighted by Crippen LogP contribution is 2.43. The fraction of sp³-hybridized carbons (Fsp3) is 0.321. The first kappa shape index (κ1) is 20.6. The van der Waals surface area contributed by atoms with Crippen LogP contribution in [0.4, 0.5) is 0 Å². The van der Waals surface area contributed by atoms with Crippen molar-refractivity contribution < 1.29 is 19.4 Å². The molecule has 164 valence electrons. The van der Waals surface area contributed by atoms with Crippen LogP contribution in [0.25, 0.3) is 11.1 Å². The van der Waals surface area contributed by atoms with Gasteiger partial charge in [0.15, 0.2) is 0 Å². The van der Waals surface area contributed by atoms with E-state index in [9.17, 15) is 4.79 Å². The summed E-state index contributed by atoms with van der Waals surface area (Å²) in [6.45, 7) is 4.89. The molecule has 2 aliphatic rings. The Hall–Kier alpha value is -3.27. The largest absolute Gasteiger partial charge is 0.492 e. The van der Waals surface area contributed by atoms with Crippen molar-refractivity contribution in [1.29, 1.82) is 0 Å². The third-order valence-electron chi connectivity index (χ3n) is 6.65. The second kappa shape index (κ2) is 8.34. The Labute approximate surface area is 188 Å². The normalized spacial score (nSPS) is 18.8. The maximum absolute atomic E-state index is 11.1. The molecule has 0 saturated heterocycles. The summed E-state index contributed by atoms with van der Waals surface area (Å²) < 4.78 is 12.2. The van der Waals surface area contributed by atoms with E-state index >= 15 is 0 Å². The molecule has 32 heavy (non-hydrogen) atoms. The summed E-state index contributed by atoms with van der Waals surface area (Å²) in [5.41, 5.74) is 7.59. The molecule has 5 rings (SSSR count). The summed E-state index contributed by atoms with van der Waals surface area (Å²) in [5, 5.41) is 9.11. The Morgan fingerprint density at radius 2 is 1.88 bits per heavy atom. The molecule has 3 aromatic rings. The van der Waals surface area contributed by atoms with Crippen LogP contribution in [0.5, 0.6) is 11.5 Å². The van der Waals surface area contributed by atoms with Gasteiger partial charge in [-0.2, -0.15) is 0 Å². The van der Waals surface area contributed by atoms with Crippen LogP contribution in [0.15, 0.2) is 60.7 Å². The number of carboxylic acid groups (broad SMARTS) is 1. The third kappa shape index (κ3) is 3.75. The van der Waals surface area contributed by atoms with Crippen LogP contribution in [0, 0.1) is 0 Å². The van der Waals surface area contributed by atoms with Gasteiger partial charge in [0, 0.05) is 17.5 Å². The van der Waals surface area contributed by atoms with E-state index in [-0.39, 0.29) is 18.4 Å². The minimum atomic E-state index is -0.802. The van der Waals surface area contributed by atoms with E-state index in [0.717, 1.165) is 29.9 Å². The van der Waals surface area contributed by atoms with Crippen molar-refractivity contribution in [2.45, 2.75) is 51.0 Å². The smallest absolute Gasteiger partial charge is 0.304 e. The van der Waals surface area contributed by atoms with Gasteiger partial charge in [0.05, 0.1) is 13.0 Å². The van der Waals surface area contributed by atoms with Gasteiger partial charge >= 0.3 is 5.97 Å². The predicted octanol–water partition coefficient (Wildman–Crippen LogP) is 6.49. The first-order valence-corrected chi connectivity index (χ1v) is 11.4. The molecule has 1 aliphatic carbocycles. The van der Waals surface area contributed by atoms with Gasteiger partial charge in [-0.15, -0.1) is 0 Å². The SMILES string of the molecule is CC(C)c1ccccc1-c1cccc2c1CC[C@H]2Oc1ccc2c(c1)OCC2CC(=O)O. The van der Waals surface area contributed by atoms with E-state index < -0.39 is 5.97 Å². The molecule has 2 atom stereocenters. The molecule has 1 heterocycles. The molecule has 0 radical (unpaired) electrons. The summed E-state index contributed by atoms with van der Waals surface area (Å²) in [5.74, 6) is 1.08. The van der Waals surface area contributed by atoms with Gasteiger partial charge in [0.1, 0.15) is 17.6 Å². The van der Waals surface area contributed by atoms with Gasteiger partial charge in [0.25, 0.3) is 0 Å². The van der Waals surface area contributed by atoms with Gasteiger partial charge in [0.2, 0.25) is 0 Å². The Balaban J connectivity index is 1.41.